The molecule has 0 saturated carbocycles. The molecule has 0 fully saturated rings. The van der Waals surface area contributed by atoms with E-state index in [2.05, 4.69) is 45.5 Å². The van der Waals surface area contributed by atoms with Crippen LogP contribution in [-0.4, -0.2) is 12.0 Å². The fourth-order valence-corrected chi connectivity index (χ4v) is 4.30. The number of hydrogen-bond donors (Lipinski definition) is 1. The zero-order chi connectivity index (χ0) is 13.2. The van der Waals surface area contributed by atoms with Crippen LogP contribution >= 0.6 is 27.3 Å². The summed E-state index contributed by atoms with van der Waals surface area (Å²) in [5, 5.41) is 4.62. The first-order valence-electron chi connectivity index (χ1n) is 6.66. The summed E-state index contributed by atoms with van der Waals surface area (Å²) in [4.78, 5) is 6.35. The van der Waals surface area contributed by atoms with E-state index in [0.29, 0.717) is 6.04 Å². The lowest BCUT2D eigenvalue weighted by atomic mass is 9.98. The monoisotopic (exact) mass is 336 g/mol. The summed E-state index contributed by atoms with van der Waals surface area (Å²) in [5.74, 6) is 0. The number of nitrogens with one attached hydrogen (secondary N) is 1. The van der Waals surface area contributed by atoms with E-state index in [1.165, 1.54) is 40.4 Å². The smallest absolute Gasteiger partial charge is 0.0975 e. The van der Waals surface area contributed by atoms with Crippen LogP contribution in [0.15, 0.2) is 28.7 Å². The molecule has 4 heteroatoms. The van der Waals surface area contributed by atoms with Crippen molar-refractivity contribution in [2.45, 2.75) is 31.7 Å². The summed E-state index contributed by atoms with van der Waals surface area (Å²) >= 11 is 5.41. The quantitative estimate of drug-likeness (QED) is 0.912. The zero-order valence-electron chi connectivity index (χ0n) is 10.9. The van der Waals surface area contributed by atoms with E-state index < -0.39 is 0 Å². The number of nitrogens with zero attached hydrogens (tertiary/aromatic N) is 1. The molecule has 0 bridgehead atoms. The molecule has 1 aliphatic rings. The van der Waals surface area contributed by atoms with Crippen molar-refractivity contribution in [3.63, 3.8) is 0 Å². The Labute approximate surface area is 126 Å². The van der Waals surface area contributed by atoms with Gasteiger partial charge in [0, 0.05) is 15.8 Å². The van der Waals surface area contributed by atoms with E-state index in [0.717, 1.165) is 10.9 Å². The van der Waals surface area contributed by atoms with Gasteiger partial charge in [0.2, 0.25) is 0 Å². The molecular weight excluding hydrogens is 320 g/mol. The van der Waals surface area contributed by atoms with Crippen LogP contribution in [0.5, 0.6) is 0 Å². The molecule has 0 spiro atoms. The van der Waals surface area contributed by atoms with Gasteiger partial charge in [0.15, 0.2) is 0 Å². The number of fused-ring (bicyclic) bond motifs is 1. The van der Waals surface area contributed by atoms with Crippen LogP contribution in [0.3, 0.4) is 0 Å². The SMILES string of the molecule is CNC1CCCc2sc(Cc3cccc(Br)c3)nc21. The Hall–Kier alpha value is -0.710. The fraction of sp³-hybridized carbons (Fsp3) is 0.400. The third kappa shape index (κ3) is 2.91. The van der Waals surface area contributed by atoms with Crippen molar-refractivity contribution in [3.8, 4) is 0 Å². The molecule has 1 N–H and O–H groups in total. The second kappa shape index (κ2) is 5.73. The Balaban J connectivity index is 1.85. The van der Waals surface area contributed by atoms with Crippen molar-refractivity contribution in [2.24, 2.45) is 0 Å². The number of aromatic nitrogens is 1. The fourth-order valence-electron chi connectivity index (χ4n) is 2.65. The van der Waals surface area contributed by atoms with Gasteiger partial charge in [-0.25, -0.2) is 4.98 Å². The summed E-state index contributed by atoms with van der Waals surface area (Å²) < 4.78 is 1.14. The van der Waals surface area contributed by atoms with Crippen molar-refractivity contribution in [1.29, 1.82) is 0 Å². The summed E-state index contributed by atoms with van der Waals surface area (Å²) in [6.07, 6.45) is 4.62. The van der Waals surface area contributed by atoms with Crippen LogP contribution in [-0.2, 0) is 12.8 Å². The number of benzene rings is 1. The molecule has 1 unspecified atom stereocenters. The normalized spacial score (nSPS) is 18.3. The van der Waals surface area contributed by atoms with Gasteiger partial charge in [-0.15, -0.1) is 11.3 Å². The molecule has 1 aliphatic carbocycles. The van der Waals surface area contributed by atoms with E-state index in [1.807, 2.05) is 18.4 Å². The Bertz CT molecular complexity index is 579. The van der Waals surface area contributed by atoms with Crippen LogP contribution in [0, 0.1) is 0 Å². The third-order valence-corrected chi connectivity index (χ3v) is 5.22. The largest absolute Gasteiger partial charge is 0.312 e. The van der Waals surface area contributed by atoms with E-state index in [1.54, 1.807) is 0 Å². The molecule has 0 amide bonds. The molecule has 19 heavy (non-hydrogen) atoms. The molecule has 1 atom stereocenters. The zero-order valence-corrected chi connectivity index (χ0v) is 13.4. The van der Waals surface area contributed by atoms with E-state index in [-0.39, 0.29) is 0 Å². The highest BCUT2D eigenvalue weighted by molar-refractivity contribution is 9.10. The molecule has 1 aromatic carbocycles. The Morgan fingerprint density at radius 3 is 3.16 bits per heavy atom. The maximum absolute atomic E-state index is 4.87. The first-order valence-corrected chi connectivity index (χ1v) is 8.27. The molecule has 0 radical (unpaired) electrons. The third-order valence-electron chi connectivity index (χ3n) is 3.59. The maximum atomic E-state index is 4.87. The minimum atomic E-state index is 0.455. The van der Waals surface area contributed by atoms with Crippen LogP contribution in [0.4, 0.5) is 0 Å². The second-order valence-corrected chi connectivity index (χ2v) is 7.04. The lowest BCUT2D eigenvalue weighted by Crippen LogP contribution is -2.21. The number of thiazole rings is 1. The summed E-state index contributed by atoms with van der Waals surface area (Å²) in [6, 6.07) is 8.95. The summed E-state index contributed by atoms with van der Waals surface area (Å²) in [7, 11) is 2.03. The lowest BCUT2D eigenvalue weighted by molar-refractivity contribution is 0.489. The first-order chi connectivity index (χ1) is 9.26. The Morgan fingerprint density at radius 2 is 2.37 bits per heavy atom. The van der Waals surface area contributed by atoms with Crippen molar-refractivity contribution in [3.05, 3.63) is 49.9 Å². The highest BCUT2D eigenvalue weighted by atomic mass is 79.9. The van der Waals surface area contributed by atoms with Crippen molar-refractivity contribution < 1.29 is 0 Å². The lowest BCUT2D eigenvalue weighted by Gasteiger charge is -2.19. The van der Waals surface area contributed by atoms with Gasteiger partial charge in [-0.3, -0.25) is 0 Å². The summed E-state index contributed by atoms with van der Waals surface area (Å²) in [5.41, 5.74) is 2.62. The van der Waals surface area contributed by atoms with Gasteiger partial charge in [0.05, 0.1) is 16.7 Å². The van der Waals surface area contributed by atoms with Crippen LogP contribution in [0.1, 0.15) is 40.0 Å². The minimum Gasteiger partial charge on any atom is -0.312 e. The molecule has 2 nitrogen and oxygen atoms in total. The van der Waals surface area contributed by atoms with E-state index in [4.69, 9.17) is 4.98 Å². The number of hydrogen-bond acceptors (Lipinski definition) is 3. The molecule has 2 aromatic rings. The maximum Gasteiger partial charge on any atom is 0.0975 e. The standard InChI is InChI=1S/C15H17BrN2S/c1-17-12-6-3-7-13-15(12)18-14(19-13)9-10-4-2-5-11(16)8-10/h2,4-5,8,12,17H,3,6-7,9H2,1H3. The Morgan fingerprint density at radius 1 is 1.47 bits per heavy atom. The highest BCUT2D eigenvalue weighted by Crippen LogP contribution is 2.33. The molecule has 3 rings (SSSR count). The van der Waals surface area contributed by atoms with Crippen molar-refractivity contribution in [1.82, 2.24) is 10.3 Å². The number of rotatable bonds is 3. The van der Waals surface area contributed by atoms with Gasteiger partial charge in [-0.05, 0) is 44.0 Å². The van der Waals surface area contributed by atoms with Gasteiger partial charge in [0.25, 0.3) is 0 Å². The average Bonchev–Trinajstić information content (AvgIpc) is 2.80. The van der Waals surface area contributed by atoms with Gasteiger partial charge in [0.1, 0.15) is 0 Å². The Kier molecular flexibility index (Phi) is 4.01. The van der Waals surface area contributed by atoms with Gasteiger partial charge in [-0.2, -0.15) is 0 Å². The predicted molar refractivity (Wildman–Crippen MR) is 83.8 cm³/mol. The minimum absolute atomic E-state index is 0.455. The van der Waals surface area contributed by atoms with Crippen LogP contribution in [0.25, 0.3) is 0 Å². The summed E-state index contributed by atoms with van der Waals surface area (Å²) in [6.45, 7) is 0. The molecular formula is C15H17BrN2S. The topological polar surface area (TPSA) is 24.9 Å². The average molecular weight is 337 g/mol. The molecule has 0 saturated heterocycles. The molecule has 100 valence electrons. The van der Waals surface area contributed by atoms with Crippen molar-refractivity contribution >= 4 is 27.3 Å². The predicted octanol–water partition coefficient (Wildman–Crippen LogP) is 4.09. The first kappa shape index (κ1) is 13.3. The van der Waals surface area contributed by atoms with Crippen LogP contribution in [0.2, 0.25) is 0 Å². The molecule has 0 aliphatic heterocycles. The van der Waals surface area contributed by atoms with E-state index >= 15 is 0 Å². The van der Waals surface area contributed by atoms with Gasteiger partial charge in [-0.1, -0.05) is 28.1 Å². The molecule has 1 aromatic heterocycles. The van der Waals surface area contributed by atoms with E-state index in [9.17, 15) is 0 Å². The highest BCUT2D eigenvalue weighted by Gasteiger charge is 2.23. The molecule has 1 heterocycles. The van der Waals surface area contributed by atoms with Gasteiger partial charge >= 0.3 is 0 Å². The number of aryl methyl sites for hydroxylation is 1. The van der Waals surface area contributed by atoms with Gasteiger partial charge < -0.3 is 5.32 Å². The second-order valence-electron chi connectivity index (χ2n) is 4.96. The van der Waals surface area contributed by atoms with Crippen LogP contribution < -0.4 is 5.32 Å². The van der Waals surface area contributed by atoms with Crippen molar-refractivity contribution in [2.75, 3.05) is 7.05 Å². The number of halogens is 1.